The summed E-state index contributed by atoms with van der Waals surface area (Å²) in [7, 11) is 0. The van der Waals surface area contributed by atoms with Crippen LogP contribution >= 0.6 is 11.8 Å². The molecule has 0 aliphatic carbocycles. The molecular formula is C35H34N4O4S. The number of alkyl carbamates (subject to hydrolysis) is 1. The minimum atomic E-state index is -0.623. The molecule has 0 saturated carbocycles. The third kappa shape index (κ3) is 6.48. The zero-order valence-electron chi connectivity index (χ0n) is 24.5. The topological polar surface area (TPSA) is 93.5 Å². The minimum absolute atomic E-state index is 0.0825. The minimum Gasteiger partial charge on any atom is -0.445 e. The van der Waals surface area contributed by atoms with Crippen molar-refractivity contribution in [3.05, 3.63) is 119 Å². The number of piperidine rings is 1. The Morgan fingerprint density at radius 1 is 0.977 bits per heavy atom. The molecule has 6 rings (SSSR count). The van der Waals surface area contributed by atoms with Crippen LogP contribution in [0.2, 0.25) is 0 Å². The van der Waals surface area contributed by atoms with Gasteiger partial charge in [-0.05, 0) is 53.8 Å². The van der Waals surface area contributed by atoms with Crippen LogP contribution in [-0.4, -0.2) is 45.6 Å². The lowest BCUT2D eigenvalue weighted by molar-refractivity contribution is -0.132. The van der Waals surface area contributed by atoms with Gasteiger partial charge in [0.2, 0.25) is 5.91 Å². The first-order chi connectivity index (χ1) is 21.5. The highest BCUT2D eigenvalue weighted by atomic mass is 32.2. The van der Waals surface area contributed by atoms with E-state index in [4.69, 9.17) is 9.72 Å². The van der Waals surface area contributed by atoms with Gasteiger partial charge in [-0.3, -0.25) is 14.2 Å². The predicted molar refractivity (Wildman–Crippen MR) is 174 cm³/mol. The first-order valence-corrected chi connectivity index (χ1v) is 15.8. The van der Waals surface area contributed by atoms with Crippen molar-refractivity contribution in [2.75, 3.05) is 13.1 Å². The molecular weight excluding hydrogens is 572 g/mol. The summed E-state index contributed by atoms with van der Waals surface area (Å²) in [6.45, 7) is 3.48. The van der Waals surface area contributed by atoms with Crippen molar-refractivity contribution in [1.29, 1.82) is 0 Å². The van der Waals surface area contributed by atoms with Gasteiger partial charge in [0.25, 0.3) is 5.56 Å². The van der Waals surface area contributed by atoms with E-state index in [1.165, 1.54) is 11.8 Å². The van der Waals surface area contributed by atoms with Crippen molar-refractivity contribution >= 4 is 45.4 Å². The second kappa shape index (κ2) is 13.3. The lowest BCUT2D eigenvalue weighted by Crippen LogP contribution is -2.50. The largest absolute Gasteiger partial charge is 0.445 e. The average molecular weight is 607 g/mol. The van der Waals surface area contributed by atoms with Crippen molar-refractivity contribution in [3.8, 4) is 0 Å². The van der Waals surface area contributed by atoms with Crippen LogP contribution in [0.25, 0.3) is 21.7 Å². The van der Waals surface area contributed by atoms with E-state index >= 15 is 0 Å². The number of thioether (sulfide) groups is 1. The number of amides is 2. The molecule has 5 aromatic rings. The maximum atomic E-state index is 14.2. The van der Waals surface area contributed by atoms with E-state index in [-0.39, 0.29) is 24.1 Å². The Hall–Kier alpha value is -4.63. The number of rotatable bonds is 8. The first-order valence-electron chi connectivity index (χ1n) is 14.9. The predicted octanol–water partition coefficient (Wildman–Crippen LogP) is 6.32. The Kier molecular flexibility index (Phi) is 8.93. The van der Waals surface area contributed by atoms with E-state index in [1.54, 1.807) is 9.47 Å². The van der Waals surface area contributed by atoms with E-state index in [2.05, 4.69) is 5.32 Å². The number of ether oxygens (including phenoxy) is 1. The summed E-state index contributed by atoms with van der Waals surface area (Å²) >= 11 is 1.30. The number of likely N-dealkylation sites (tertiary alicyclic amines) is 1. The molecule has 4 aromatic carbocycles. The lowest BCUT2D eigenvalue weighted by Gasteiger charge is -2.35. The third-order valence-corrected chi connectivity index (χ3v) is 9.15. The van der Waals surface area contributed by atoms with Gasteiger partial charge in [0.1, 0.15) is 11.9 Å². The molecule has 1 fully saturated rings. The molecule has 224 valence electrons. The normalized spacial score (nSPS) is 15.7. The molecule has 9 heteroatoms. The average Bonchev–Trinajstić information content (AvgIpc) is 3.06. The summed E-state index contributed by atoms with van der Waals surface area (Å²) < 4.78 is 7.07. The Balaban J connectivity index is 1.24. The van der Waals surface area contributed by atoms with Gasteiger partial charge < -0.3 is 15.0 Å². The van der Waals surface area contributed by atoms with E-state index in [1.807, 2.05) is 104 Å². The number of nitrogens with zero attached hydrogens (tertiary/aromatic N) is 3. The van der Waals surface area contributed by atoms with E-state index in [0.29, 0.717) is 35.7 Å². The fraction of sp³-hybridized carbons (Fsp3) is 0.257. The molecule has 2 unspecified atom stereocenters. The summed E-state index contributed by atoms with van der Waals surface area (Å²) in [5.74, 6) is -0.0825. The summed E-state index contributed by atoms with van der Waals surface area (Å²) in [6, 6.07) is 30.6. The number of hydrogen-bond donors (Lipinski definition) is 1. The van der Waals surface area contributed by atoms with Crippen LogP contribution < -0.4 is 10.9 Å². The maximum absolute atomic E-state index is 14.2. The molecule has 1 aromatic heterocycles. The molecule has 1 aliphatic rings. The van der Waals surface area contributed by atoms with Crippen LogP contribution in [0.3, 0.4) is 0 Å². The molecule has 1 N–H and O–H groups in total. The number of benzene rings is 4. The fourth-order valence-electron chi connectivity index (χ4n) is 5.64. The molecule has 1 saturated heterocycles. The van der Waals surface area contributed by atoms with Gasteiger partial charge in [-0.2, -0.15) is 0 Å². The van der Waals surface area contributed by atoms with Crippen molar-refractivity contribution in [2.24, 2.45) is 0 Å². The lowest BCUT2D eigenvalue weighted by atomic mass is 10.0. The van der Waals surface area contributed by atoms with Gasteiger partial charge in [-0.15, -0.1) is 0 Å². The SMILES string of the molecule is CCn1c(SC(C(=O)N2CCCC(NC(=O)OCc3ccccc3)C2)c2ccccc2)nc2cc3ccccc3cc2c1=O. The third-order valence-electron chi connectivity index (χ3n) is 7.92. The van der Waals surface area contributed by atoms with Gasteiger partial charge in [-0.1, -0.05) is 96.7 Å². The second-order valence-corrected chi connectivity index (χ2v) is 12.0. The van der Waals surface area contributed by atoms with Crippen LogP contribution in [0.1, 0.15) is 36.1 Å². The fourth-order valence-corrected chi connectivity index (χ4v) is 6.89. The second-order valence-electron chi connectivity index (χ2n) is 10.9. The van der Waals surface area contributed by atoms with E-state index < -0.39 is 11.3 Å². The zero-order valence-corrected chi connectivity index (χ0v) is 25.3. The summed E-state index contributed by atoms with van der Waals surface area (Å²) in [5.41, 5.74) is 2.22. The molecule has 1 aliphatic heterocycles. The van der Waals surface area contributed by atoms with Crippen molar-refractivity contribution in [2.45, 2.75) is 49.4 Å². The smallest absolute Gasteiger partial charge is 0.407 e. The van der Waals surface area contributed by atoms with Crippen molar-refractivity contribution < 1.29 is 14.3 Å². The Bertz CT molecular complexity index is 1840. The van der Waals surface area contributed by atoms with Crippen LogP contribution in [0, 0.1) is 0 Å². The molecule has 0 spiro atoms. The molecule has 2 heterocycles. The zero-order chi connectivity index (χ0) is 30.5. The first kappa shape index (κ1) is 29.4. The van der Waals surface area contributed by atoms with Crippen LogP contribution in [0.5, 0.6) is 0 Å². The van der Waals surface area contributed by atoms with E-state index in [9.17, 15) is 14.4 Å². The molecule has 44 heavy (non-hydrogen) atoms. The Morgan fingerprint density at radius 2 is 1.66 bits per heavy atom. The molecule has 0 bridgehead atoms. The van der Waals surface area contributed by atoms with Gasteiger partial charge in [0.05, 0.1) is 10.9 Å². The van der Waals surface area contributed by atoms with Crippen molar-refractivity contribution in [3.63, 3.8) is 0 Å². The Morgan fingerprint density at radius 3 is 2.39 bits per heavy atom. The standard InChI is InChI=1S/C35H34N4O4S/c1-2-39-32(40)29-20-26-16-9-10-17-27(26)21-30(29)37-34(39)44-31(25-14-7-4-8-15-25)33(41)38-19-11-18-28(22-38)36-35(42)43-23-24-12-5-3-6-13-24/h3-10,12-17,20-21,28,31H,2,11,18-19,22-23H2,1H3,(H,36,42). The van der Waals surface area contributed by atoms with Gasteiger partial charge in [0.15, 0.2) is 5.16 Å². The van der Waals surface area contributed by atoms with Crippen LogP contribution in [0.4, 0.5) is 4.79 Å². The molecule has 8 nitrogen and oxygen atoms in total. The van der Waals surface area contributed by atoms with Gasteiger partial charge in [0, 0.05) is 25.7 Å². The summed E-state index contributed by atoms with van der Waals surface area (Å²) in [6.07, 6.45) is 1.01. The highest BCUT2D eigenvalue weighted by Gasteiger charge is 2.32. The Labute approximate surface area is 260 Å². The molecule has 0 radical (unpaired) electrons. The molecule has 2 amide bonds. The number of carbonyl (C=O) groups is 2. The highest BCUT2D eigenvalue weighted by Crippen LogP contribution is 2.37. The van der Waals surface area contributed by atoms with Crippen LogP contribution in [0.15, 0.2) is 107 Å². The number of hydrogen-bond acceptors (Lipinski definition) is 6. The summed E-state index contributed by atoms with van der Waals surface area (Å²) in [4.78, 5) is 47.2. The van der Waals surface area contributed by atoms with Gasteiger partial charge in [-0.25, -0.2) is 9.78 Å². The van der Waals surface area contributed by atoms with Crippen LogP contribution in [-0.2, 0) is 22.7 Å². The van der Waals surface area contributed by atoms with Gasteiger partial charge >= 0.3 is 6.09 Å². The quantitative estimate of drug-likeness (QED) is 0.126. The molecule has 2 atom stereocenters. The van der Waals surface area contributed by atoms with Crippen molar-refractivity contribution in [1.82, 2.24) is 19.8 Å². The monoisotopic (exact) mass is 606 g/mol. The number of nitrogens with one attached hydrogen (secondary N) is 1. The summed E-state index contributed by atoms with van der Waals surface area (Å²) in [5, 5.41) is 5.36. The maximum Gasteiger partial charge on any atom is 0.407 e. The highest BCUT2D eigenvalue weighted by molar-refractivity contribution is 8.00. The number of aromatic nitrogens is 2. The van der Waals surface area contributed by atoms with E-state index in [0.717, 1.165) is 34.7 Å². The number of fused-ring (bicyclic) bond motifs is 2. The number of carbonyl (C=O) groups excluding carboxylic acids is 2.